The van der Waals surface area contributed by atoms with Gasteiger partial charge in [0.2, 0.25) is 0 Å². The lowest BCUT2D eigenvalue weighted by atomic mass is 10.1. The molecule has 0 saturated heterocycles. The third kappa shape index (κ3) is 3.08. The molecule has 1 amide bonds. The summed E-state index contributed by atoms with van der Waals surface area (Å²) in [5.74, 6) is -1.45. The lowest BCUT2D eigenvalue weighted by molar-refractivity contribution is 0.0935. The smallest absolute Gasteiger partial charge is 0.268 e. The molecule has 1 aromatic heterocycles. The summed E-state index contributed by atoms with van der Waals surface area (Å²) in [7, 11) is 0. The lowest BCUT2D eigenvalue weighted by Crippen LogP contribution is -2.27. The molecule has 2 N–H and O–H groups in total. The molecule has 2 aromatic carbocycles. The highest BCUT2D eigenvalue weighted by atomic mass is 19.1. The first-order chi connectivity index (χ1) is 10.9. The van der Waals surface area contributed by atoms with E-state index in [9.17, 15) is 13.6 Å². The first kappa shape index (κ1) is 15.2. The highest BCUT2D eigenvalue weighted by Gasteiger charge is 2.17. The fourth-order valence-electron chi connectivity index (χ4n) is 2.57. The van der Waals surface area contributed by atoms with E-state index in [1.807, 2.05) is 25.1 Å². The topological polar surface area (TPSA) is 44.9 Å². The standard InChI is InChI=1S/C18H16F2N2O/c1-10-3-6-16-12(7-10)8-17(22-16)18(23)21-11(2)14-9-13(19)4-5-15(14)20/h3-9,11,22H,1-2H3,(H,21,23). The van der Waals surface area contributed by atoms with Crippen LogP contribution in [0.2, 0.25) is 0 Å². The van der Waals surface area contributed by atoms with Crippen LogP contribution in [0.15, 0.2) is 42.5 Å². The molecule has 1 atom stereocenters. The number of benzene rings is 2. The predicted octanol–water partition coefficient (Wildman–Crippen LogP) is 4.25. The molecular formula is C18H16F2N2O. The summed E-state index contributed by atoms with van der Waals surface area (Å²) in [4.78, 5) is 15.3. The number of aryl methyl sites for hydroxylation is 1. The maximum Gasteiger partial charge on any atom is 0.268 e. The van der Waals surface area contributed by atoms with Crippen LogP contribution in [0.3, 0.4) is 0 Å². The minimum Gasteiger partial charge on any atom is -0.351 e. The number of carbonyl (C=O) groups is 1. The molecule has 3 rings (SSSR count). The highest BCUT2D eigenvalue weighted by molar-refractivity contribution is 5.98. The van der Waals surface area contributed by atoms with Crippen LogP contribution >= 0.6 is 0 Å². The van der Waals surface area contributed by atoms with Gasteiger partial charge in [-0.25, -0.2) is 8.78 Å². The number of hydrogen-bond acceptors (Lipinski definition) is 1. The van der Waals surface area contributed by atoms with E-state index in [1.54, 1.807) is 13.0 Å². The Morgan fingerprint density at radius 3 is 2.70 bits per heavy atom. The molecular weight excluding hydrogens is 298 g/mol. The van der Waals surface area contributed by atoms with Crippen LogP contribution in [0.4, 0.5) is 8.78 Å². The molecule has 1 heterocycles. The maximum absolute atomic E-state index is 13.8. The Labute approximate surface area is 132 Å². The zero-order valence-corrected chi connectivity index (χ0v) is 12.8. The zero-order valence-electron chi connectivity index (χ0n) is 12.8. The molecule has 3 aromatic rings. The molecule has 5 heteroatoms. The SMILES string of the molecule is Cc1ccc2[nH]c(C(=O)NC(C)c3cc(F)ccc3F)cc2c1. The van der Waals surface area contributed by atoms with Crippen LogP contribution in [0.5, 0.6) is 0 Å². The third-order valence-corrected chi connectivity index (χ3v) is 3.79. The van der Waals surface area contributed by atoms with Crippen LogP contribution in [-0.4, -0.2) is 10.9 Å². The van der Waals surface area contributed by atoms with E-state index in [0.29, 0.717) is 5.69 Å². The molecule has 0 aliphatic carbocycles. The van der Waals surface area contributed by atoms with E-state index < -0.39 is 17.7 Å². The summed E-state index contributed by atoms with van der Waals surface area (Å²) in [6.07, 6.45) is 0. The molecule has 0 spiro atoms. The van der Waals surface area contributed by atoms with E-state index in [4.69, 9.17) is 0 Å². The fourth-order valence-corrected chi connectivity index (χ4v) is 2.57. The molecule has 0 fully saturated rings. The van der Waals surface area contributed by atoms with Crippen molar-refractivity contribution < 1.29 is 13.6 Å². The number of hydrogen-bond donors (Lipinski definition) is 2. The van der Waals surface area contributed by atoms with Crippen molar-refractivity contribution in [3.8, 4) is 0 Å². The second-order valence-electron chi connectivity index (χ2n) is 5.63. The number of aromatic amines is 1. The first-order valence-corrected chi connectivity index (χ1v) is 7.29. The van der Waals surface area contributed by atoms with Crippen molar-refractivity contribution in [2.24, 2.45) is 0 Å². The highest BCUT2D eigenvalue weighted by Crippen LogP contribution is 2.20. The number of halogens is 2. The maximum atomic E-state index is 13.8. The number of carbonyl (C=O) groups excluding carboxylic acids is 1. The molecule has 0 saturated carbocycles. The van der Waals surface area contributed by atoms with Gasteiger partial charge < -0.3 is 10.3 Å². The molecule has 118 valence electrons. The summed E-state index contributed by atoms with van der Waals surface area (Å²) in [6, 6.07) is 10.1. The fraction of sp³-hybridized carbons (Fsp3) is 0.167. The van der Waals surface area contributed by atoms with Crippen LogP contribution in [0.25, 0.3) is 10.9 Å². The number of fused-ring (bicyclic) bond motifs is 1. The van der Waals surface area contributed by atoms with Gasteiger partial charge in [0.1, 0.15) is 17.3 Å². The molecule has 3 nitrogen and oxygen atoms in total. The van der Waals surface area contributed by atoms with Crippen LogP contribution in [-0.2, 0) is 0 Å². The second kappa shape index (κ2) is 5.83. The zero-order chi connectivity index (χ0) is 16.6. The normalized spacial score (nSPS) is 12.3. The minimum absolute atomic E-state index is 0.116. The van der Waals surface area contributed by atoms with E-state index in [0.717, 1.165) is 34.7 Å². The van der Waals surface area contributed by atoms with Crippen LogP contribution in [0, 0.1) is 18.6 Å². The molecule has 23 heavy (non-hydrogen) atoms. The monoisotopic (exact) mass is 314 g/mol. The summed E-state index contributed by atoms with van der Waals surface area (Å²) < 4.78 is 27.0. The van der Waals surface area contributed by atoms with Crippen LogP contribution < -0.4 is 5.32 Å². The summed E-state index contributed by atoms with van der Waals surface area (Å²) in [6.45, 7) is 3.59. The van der Waals surface area contributed by atoms with Crippen LogP contribution in [0.1, 0.15) is 34.6 Å². The van der Waals surface area contributed by atoms with Gasteiger partial charge in [-0.2, -0.15) is 0 Å². The summed E-state index contributed by atoms with van der Waals surface area (Å²) >= 11 is 0. The number of nitrogens with one attached hydrogen (secondary N) is 2. The molecule has 0 aliphatic heterocycles. The van der Waals surface area contributed by atoms with Gasteiger partial charge in [-0.05, 0) is 50.2 Å². The van der Waals surface area contributed by atoms with Crippen molar-refractivity contribution in [1.82, 2.24) is 10.3 Å². The van der Waals surface area contributed by atoms with Crippen molar-refractivity contribution in [3.05, 3.63) is 70.9 Å². The van der Waals surface area contributed by atoms with Crippen molar-refractivity contribution >= 4 is 16.8 Å². The Morgan fingerprint density at radius 2 is 1.91 bits per heavy atom. The van der Waals surface area contributed by atoms with Crippen molar-refractivity contribution in [1.29, 1.82) is 0 Å². The van der Waals surface area contributed by atoms with Crippen molar-refractivity contribution in [2.45, 2.75) is 19.9 Å². The van der Waals surface area contributed by atoms with E-state index in [1.165, 1.54) is 0 Å². The Kier molecular flexibility index (Phi) is 3.86. The average Bonchev–Trinajstić information content (AvgIpc) is 2.92. The van der Waals surface area contributed by atoms with Crippen molar-refractivity contribution in [3.63, 3.8) is 0 Å². The Hall–Kier alpha value is -2.69. The van der Waals surface area contributed by atoms with Gasteiger partial charge in [0.15, 0.2) is 0 Å². The van der Waals surface area contributed by atoms with E-state index in [-0.39, 0.29) is 11.5 Å². The largest absolute Gasteiger partial charge is 0.351 e. The lowest BCUT2D eigenvalue weighted by Gasteiger charge is -2.14. The van der Waals surface area contributed by atoms with Gasteiger partial charge in [-0.3, -0.25) is 4.79 Å². The molecule has 0 bridgehead atoms. The summed E-state index contributed by atoms with van der Waals surface area (Å²) in [5.41, 5.74) is 2.45. The molecule has 1 unspecified atom stereocenters. The Bertz CT molecular complexity index is 886. The summed E-state index contributed by atoms with van der Waals surface area (Å²) in [5, 5.41) is 3.61. The molecule has 0 radical (unpaired) electrons. The number of amides is 1. The number of aromatic nitrogens is 1. The van der Waals surface area contributed by atoms with Gasteiger partial charge >= 0.3 is 0 Å². The number of rotatable bonds is 3. The van der Waals surface area contributed by atoms with Gasteiger partial charge in [0, 0.05) is 16.5 Å². The van der Waals surface area contributed by atoms with E-state index >= 15 is 0 Å². The van der Waals surface area contributed by atoms with Gasteiger partial charge in [-0.1, -0.05) is 11.6 Å². The van der Waals surface area contributed by atoms with Gasteiger partial charge in [-0.15, -0.1) is 0 Å². The third-order valence-electron chi connectivity index (χ3n) is 3.79. The second-order valence-corrected chi connectivity index (χ2v) is 5.63. The Morgan fingerprint density at radius 1 is 1.13 bits per heavy atom. The predicted molar refractivity (Wildman–Crippen MR) is 85.3 cm³/mol. The van der Waals surface area contributed by atoms with Crippen molar-refractivity contribution in [2.75, 3.05) is 0 Å². The molecule has 0 aliphatic rings. The first-order valence-electron chi connectivity index (χ1n) is 7.29. The van der Waals surface area contributed by atoms with E-state index in [2.05, 4.69) is 10.3 Å². The minimum atomic E-state index is -0.647. The average molecular weight is 314 g/mol. The van der Waals surface area contributed by atoms with Gasteiger partial charge in [0.05, 0.1) is 6.04 Å². The number of H-pyrrole nitrogens is 1. The Balaban J connectivity index is 1.83. The van der Waals surface area contributed by atoms with Gasteiger partial charge in [0.25, 0.3) is 5.91 Å². The quantitative estimate of drug-likeness (QED) is 0.746.